The summed E-state index contributed by atoms with van der Waals surface area (Å²) in [7, 11) is -0.988. The third kappa shape index (κ3) is 5.95. The summed E-state index contributed by atoms with van der Waals surface area (Å²) in [5.74, 6) is 1.32. The molecule has 2 unspecified atom stereocenters. The number of guanidine groups is 1. The van der Waals surface area contributed by atoms with Crippen molar-refractivity contribution >= 4 is 16.8 Å². The number of aliphatic imine (C=N–C) groups is 1. The maximum Gasteiger partial charge on any atom is 0.191 e. The van der Waals surface area contributed by atoms with Crippen LogP contribution >= 0.6 is 0 Å². The van der Waals surface area contributed by atoms with Crippen LogP contribution < -0.4 is 10.6 Å². The van der Waals surface area contributed by atoms with E-state index in [4.69, 9.17) is 4.74 Å². The zero-order chi connectivity index (χ0) is 16.5. The summed E-state index contributed by atoms with van der Waals surface area (Å²) >= 11 is 0. The van der Waals surface area contributed by atoms with E-state index in [1.165, 1.54) is 0 Å². The summed E-state index contributed by atoms with van der Waals surface area (Å²) in [6.45, 7) is 7.02. The van der Waals surface area contributed by atoms with E-state index >= 15 is 0 Å². The van der Waals surface area contributed by atoms with Gasteiger partial charge >= 0.3 is 0 Å². The molecular formula is C17H27N3O2S. The van der Waals surface area contributed by atoms with Gasteiger partial charge in [-0.3, -0.25) is 9.20 Å². The van der Waals surface area contributed by atoms with Gasteiger partial charge in [-0.05, 0) is 38.8 Å². The van der Waals surface area contributed by atoms with E-state index in [-0.39, 0.29) is 5.60 Å². The van der Waals surface area contributed by atoms with Crippen LogP contribution in [-0.4, -0.2) is 47.8 Å². The molecule has 1 saturated heterocycles. The molecule has 23 heavy (non-hydrogen) atoms. The van der Waals surface area contributed by atoms with Gasteiger partial charge in [-0.25, -0.2) is 0 Å². The molecule has 128 valence electrons. The van der Waals surface area contributed by atoms with E-state index in [1.807, 2.05) is 37.3 Å². The van der Waals surface area contributed by atoms with Crippen LogP contribution in [-0.2, 0) is 15.5 Å². The van der Waals surface area contributed by atoms with Gasteiger partial charge in [0.1, 0.15) is 0 Å². The molecule has 0 spiro atoms. The Morgan fingerprint density at radius 3 is 2.78 bits per heavy atom. The predicted octanol–water partition coefficient (Wildman–Crippen LogP) is 1.92. The largest absolute Gasteiger partial charge is 0.373 e. The van der Waals surface area contributed by atoms with Crippen LogP contribution in [0.3, 0.4) is 0 Å². The Labute approximate surface area is 141 Å². The van der Waals surface area contributed by atoms with Crippen molar-refractivity contribution in [3.63, 3.8) is 0 Å². The standard InChI is InChI=1S/C17H27N3O2S/c1-3-18-16(20-14-17(2)10-7-12-22-17)19-11-13-23(21)15-8-5-4-6-9-15/h4-6,8-9H,3,7,10-14H2,1-2H3,(H2,18,19,20). The Kier molecular flexibility index (Phi) is 7.05. The highest BCUT2D eigenvalue weighted by molar-refractivity contribution is 7.85. The molecule has 1 aromatic rings. The molecule has 2 atom stereocenters. The summed E-state index contributed by atoms with van der Waals surface area (Å²) in [4.78, 5) is 5.47. The van der Waals surface area contributed by atoms with E-state index in [0.29, 0.717) is 18.8 Å². The molecule has 0 bridgehead atoms. The zero-order valence-electron chi connectivity index (χ0n) is 14.0. The fourth-order valence-corrected chi connectivity index (χ4v) is 3.49. The molecule has 2 rings (SSSR count). The highest BCUT2D eigenvalue weighted by Crippen LogP contribution is 2.24. The van der Waals surface area contributed by atoms with Gasteiger partial charge in [0.05, 0.1) is 22.9 Å². The monoisotopic (exact) mass is 337 g/mol. The van der Waals surface area contributed by atoms with Gasteiger partial charge in [0.25, 0.3) is 0 Å². The normalized spacial score (nSPS) is 22.8. The van der Waals surface area contributed by atoms with Gasteiger partial charge in [-0.2, -0.15) is 0 Å². The molecule has 1 aliphatic heterocycles. The number of nitrogens with one attached hydrogen (secondary N) is 2. The molecule has 1 heterocycles. The number of rotatable bonds is 7. The fraction of sp³-hybridized carbons (Fsp3) is 0.588. The third-order valence-electron chi connectivity index (χ3n) is 3.80. The lowest BCUT2D eigenvalue weighted by molar-refractivity contribution is 0.0283. The molecule has 0 radical (unpaired) electrons. The second kappa shape index (κ2) is 9.03. The topological polar surface area (TPSA) is 62.7 Å². The molecule has 5 nitrogen and oxygen atoms in total. The lowest BCUT2D eigenvalue weighted by Crippen LogP contribution is -2.40. The van der Waals surface area contributed by atoms with Crippen LogP contribution in [0.25, 0.3) is 0 Å². The van der Waals surface area contributed by atoms with Crippen molar-refractivity contribution in [2.45, 2.75) is 37.2 Å². The molecule has 0 aromatic heterocycles. The molecule has 0 amide bonds. The van der Waals surface area contributed by atoms with Crippen molar-refractivity contribution in [1.82, 2.24) is 10.6 Å². The number of nitrogens with zero attached hydrogens (tertiary/aromatic N) is 1. The molecule has 6 heteroatoms. The second-order valence-corrected chi connectivity index (χ2v) is 7.46. The van der Waals surface area contributed by atoms with Gasteiger partial charge in [-0.1, -0.05) is 18.2 Å². The molecular weight excluding hydrogens is 310 g/mol. The lowest BCUT2D eigenvalue weighted by atomic mass is 10.0. The van der Waals surface area contributed by atoms with E-state index in [9.17, 15) is 4.21 Å². The van der Waals surface area contributed by atoms with Gasteiger partial charge in [0.2, 0.25) is 0 Å². The van der Waals surface area contributed by atoms with Crippen LogP contribution in [0.2, 0.25) is 0 Å². The summed E-state index contributed by atoms with van der Waals surface area (Å²) in [5, 5.41) is 6.47. The van der Waals surface area contributed by atoms with E-state index < -0.39 is 10.8 Å². The van der Waals surface area contributed by atoms with E-state index in [1.54, 1.807) is 0 Å². The van der Waals surface area contributed by atoms with Crippen molar-refractivity contribution in [3.8, 4) is 0 Å². The Morgan fingerprint density at radius 1 is 1.35 bits per heavy atom. The lowest BCUT2D eigenvalue weighted by Gasteiger charge is -2.21. The first kappa shape index (κ1) is 17.9. The van der Waals surface area contributed by atoms with Crippen molar-refractivity contribution < 1.29 is 8.95 Å². The number of ether oxygens (including phenoxy) is 1. The third-order valence-corrected chi connectivity index (χ3v) is 5.18. The van der Waals surface area contributed by atoms with Crippen molar-refractivity contribution in [1.29, 1.82) is 0 Å². The summed E-state index contributed by atoms with van der Waals surface area (Å²) in [6.07, 6.45) is 2.15. The van der Waals surface area contributed by atoms with Crippen LogP contribution in [0, 0.1) is 0 Å². The SMILES string of the molecule is CCNC(=NCC1(C)CCCO1)NCCS(=O)c1ccccc1. The van der Waals surface area contributed by atoms with Gasteiger partial charge in [0.15, 0.2) is 5.96 Å². The van der Waals surface area contributed by atoms with Gasteiger partial charge in [-0.15, -0.1) is 0 Å². The fourth-order valence-electron chi connectivity index (χ4n) is 2.50. The Balaban J connectivity index is 1.81. The number of benzene rings is 1. The molecule has 1 aromatic carbocycles. The minimum atomic E-state index is -0.988. The van der Waals surface area contributed by atoms with Crippen molar-refractivity contribution in [2.24, 2.45) is 4.99 Å². The molecule has 1 fully saturated rings. The maximum absolute atomic E-state index is 12.2. The van der Waals surface area contributed by atoms with Crippen LogP contribution in [0.5, 0.6) is 0 Å². The molecule has 2 N–H and O–H groups in total. The smallest absolute Gasteiger partial charge is 0.191 e. The molecule has 0 aliphatic carbocycles. The summed E-state index contributed by atoms with van der Waals surface area (Å²) in [6, 6.07) is 9.55. The second-order valence-electron chi connectivity index (χ2n) is 5.89. The first-order valence-corrected chi connectivity index (χ1v) is 9.54. The minimum absolute atomic E-state index is 0.144. The quantitative estimate of drug-likeness (QED) is 0.589. The van der Waals surface area contributed by atoms with Gasteiger partial charge in [0, 0.05) is 30.3 Å². The van der Waals surface area contributed by atoms with Gasteiger partial charge < -0.3 is 15.4 Å². The highest BCUT2D eigenvalue weighted by atomic mass is 32.2. The Bertz CT molecular complexity index is 528. The summed E-state index contributed by atoms with van der Waals surface area (Å²) < 4.78 is 18.0. The van der Waals surface area contributed by atoms with Crippen LogP contribution in [0.1, 0.15) is 26.7 Å². The minimum Gasteiger partial charge on any atom is -0.373 e. The molecule has 1 aliphatic rings. The van der Waals surface area contributed by atoms with Crippen LogP contribution in [0.4, 0.5) is 0 Å². The Morgan fingerprint density at radius 2 is 2.13 bits per heavy atom. The predicted molar refractivity (Wildman–Crippen MR) is 95.3 cm³/mol. The first-order valence-electron chi connectivity index (χ1n) is 8.22. The number of hydrogen-bond donors (Lipinski definition) is 2. The average Bonchev–Trinajstić information content (AvgIpc) is 3.00. The van der Waals surface area contributed by atoms with Crippen molar-refractivity contribution in [2.75, 3.05) is 32.0 Å². The van der Waals surface area contributed by atoms with E-state index in [0.717, 1.165) is 36.8 Å². The number of hydrogen-bond acceptors (Lipinski definition) is 3. The van der Waals surface area contributed by atoms with Crippen LogP contribution in [0.15, 0.2) is 40.2 Å². The highest BCUT2D eigenvalue weighted by Gasteiger charge is 2.29. The first-order chi connectivity index (χ1) is 11.1. The molecule has 0 saturated carbocycles. The van der Waals surface area contributed by atoms with Crippen molar-refractivity contribution in [3.05, 3.63) is 30.3 Å². The zero-order valence-corrected chi connectivity index (χ0v) is 14.8. The average molecular weight is 337 g/mol. The Hall–Kier alpha value is -1.40. The maximum atomic E-state index is 12.2. The summed E-state index contributed by atoms with van der Waals surface area (Å²) in [5.41, 5.74) is -0.144. The van der Waals surface area contributed by atoms with E-state index in [2.05, 4.69) is 22.5 Å².